The van der Waals surface area contributed by atoms with E-state index < -0.39 is 18.1 Å². The van der Waals surface area contributed by atoms with Gasteiger partial charge in [-0.2, -0.15) is 18.4 Å². The summed E-state index contributed by atoms with van der Waals surface area (Å²) in [6, 6.07) is 5.49. The fraction of sp³-hybridized carbons (Fsp3) is 0.182. The zero-order chi connectivity index (χ0) is 16.6. The summed E-state index contributed by atoms with van der Waals surface area (Å²) in [5.74, 6) is -4.09. The lowest BCUT2D eigenvalue weighted by Gasteiger charge is -2.03. The maximum absolute atomic E-state index is 10.6. The number of alkyl halides is 3. The third-order valence-corrected chi connectivity index (χ3v) is 1.75. The molecule has 1 aromatic carbocycles. The van der Waals surface area contributed by atoms with E-state index in [1.54, 1.807) is 6.07 Å². The number of carbonyl (C=O) groups is 2. The summed E-state index contributed by atoms with van der Waals surface area (Å²) >= 11 is 0. The molecule has 10 heteroatoms. The van der Waals surface area contributed by atoms with Crippen molar-refractivity contribution in [3.63, 3.8) is 0 Å². The van der Waals surface area contributed by atoms with Crippen molar-refractivity contribution in [2.75, 3.05) is 6.61 Å². The molecule has 0 unspecified atom stereocenters. The third kappa shape index (κ3) is 6.67. The van der Waals surface area contributed by atoms with Crippen LogP contribution in [-0.4, -0.2) is 40.0 Å². The van der Waals surface area contributed by atoms with Crippen LogP contribution in [0.25, 0.3) is 0 Å². The first-order chi connectivity index (χ1) is 9.59. The SMILES string of the molecule is N#CCOc1ccc(C(=O)O)c(O)c1.O=C(O)C(F)(F)F. The lowest BCUT2D eigenvalue weighted by molar-refractivity contribution is -0.192. The first-order valence-corrected chi connectivity index (χ1v) is 4.95. The van der Waals surface area contributed by atoms with Gasteiger partial charge in [-0.05, 0) is 12.1 Å². The molecule has 3 N–H and O–H groups in total. The van der Waals surface area contributed by atoms with E-state index in [-0.39, 0.29) is 23.7 Å². The highest BCUT2D eigenvalue weighted by molar-refractivity contribution is 5.90. The van der Waals surface area contributed by atoms with Crippen molar-refractivity contribution in [2.24, 2.45) is 0 Å². The van der Waals surface area contributed by atoms with E-state index in [1.807, 2.05) is 0 Å². The van der Waals surface area contributed by atoms with Crippen LogP contribution in [-0.2, 0) is 4.79 Å². The Morgan fingerprint density at radius 1 is 1.29 bits per heavy atom. The monoisotopic (exact) mass is 307 g/mol. The van der Waals surface area contributed by atoms with E-state index in [2.05, 4.69) is 0 Å². The van der Waals surface area contributed by atoms with Gasteiger partial charge in [-0.15, -0.1) is 0 Å². The summed E-state index contributed by atoms with van der Waals surface area (Å²) in [5.41, 5.74) is -0.200. The number of phenols is 1. The van der Waals surface area contributed by atoms with Crippen LogP contribution in [0.1, 0.15) is 10.4 Å². The highest BCUT2D eigenvalue weighted by Gasteiger charge is 2.38. The van der Waals surface area contributed by atoms with E-state index in [9.17, 15) is 23.1 Å². The van der Waals surface area contributed by atoms with Crippen LogP contribution < -0.4 is 4.74 Å². The normalized spacial score (nSPS) is 9.81. The predicted molar refractivity (Wildman–Crippen MR) is 59.9 cm³/mol. The molecular formula is C11H8F3NO6. The van der Waals surface area contributed by atoms with Crippen molar-refractivity contribution in [1.82, 2.24) is 0 Å². The number of benzene rings is 1. The number of carboxylic acid groups (broad SMARTS) is 2. The molecule has 21 heavy (non-hydrogen) atoms. The van der Waals surface area contributed by atoms with Crippen LogP contribution in [0.4, 0.5) is 13.2 Å². The number of aliphatic carboxylic acids is 1. The van der Waals surface area contributed by atoms with Crippen LogP contribution in [0.3, 0.4) is 0 Å². The van der Waals surface area contributed by atoms with Gasteiger partial charge in [-0.25, -0.2) is 9.59 Å². The van der Waals surface area contributed by atoms with Crippen molar-refractivity contribution in [1.29, 1.82) is 5.26 Å². The number of rotatable bonds is 3. The van der Waals surface area contributed by atoms with Crippen LogP contribution in [0, 0.1) is 11.3 Å². The standard InChI is InChI=1S/C9H7NO4.C2HF3O2/c10-3-4-14-6-1-2-7(9(12)13)8(11)5-6;3-2(4,5)1(6)7/h1-2,5,11H,4H2,(H,12,13);(H,6,7). The van der Waals surface area contributed by atoms with Crippen LogP contribution >= 0.6 is 0 Å². The summed E-state index contributed by atoms with van der Waals surface area (Å²) in [6.07, 6.45) is -5.08. The lowest BCUT2D eigenvalue weighted by Crippen LogP contribution is -2.21. The number of nitriles is 1. The Labute approximate surface area is 115 Å². The Morgan fingerprint density at radius 3 is 2.14 bits per heavy atom. The second-order valence-electron chi connectivity index (χ2n) is 3.23. The molecule has 0 radical (unpaired) electrons. The van der Waals surface area contributed by atoms with Crippen molar-refractivity contribution >= 4 is 11.9 Å². The van der Waals surface area contributed by atoms with Crippen LogP contribution in [0.2, 0.25) is 0 Å². The quantitative estimate of drug-likeness (QED) is 0.774. The van der Waals surface area contributed by atoms with E-state index in [0.29, 0.717) is 0 Å². The largest absolute Gasteiger partial charge is 0.507 e. The molecule has 114 valence electrons. The molecule has 0 aromatic heterocycles. The number of aromatic hydroxyl groups is 1. The van der Waals surface area contributed by atoms with Gasteiger partial charge in [0.25, 0.3) is 0 Å². The van der Waals surface area contributed by atoms with Gasteiger partial charge in [0.15, 0.2) is 6.61 Å². The molecule has 0 atom stereocenters. The molecule has 0 saturated carbocycles. The number of nitrogens with zero attached hydrogens (tertiary/aromatic N) is 1. The zero-order valence-electron chi connectivity index (χ0n) is 10.1. The number of hydrogen-bond acceptors (Lipinski definition) is 5. The molecule has 0 heterocycles. The number of halogens is 3. The predicted octanol–water partition coefficient (Wildman–Crippen LogP) is 1.63. The number of ether oxygens (including phenoxy) is 1. The maximum atomic E-state index is 10.6. The van der Waals surface area contributed by atoms with Gasteiger partial charge in [0.05, 0.1) is 0 Å². The van der Waals surface area contributed by atoms with Gasteiger partial charge >= 0.3 is 18.1 Å². The maximum Gasteiger partial charge on any atom is 0.490 e. The number of carboxylic acids is 2. The van der Waals surface area contributed by atoms with Gasteiger partial charge in [-0.3, -0.25) is 0 Å². The summed E-state index contributed by atoms with van der Waals surface area (Å²) in [7, 11) is 0. The molecule has 0 amide bonds. The number of hydrogen-bond donors (Lipinski definition) is 3. The van der Waals surface area contributed by atoms with Crippen molar-refractivity contribution in [3.8, 4) is 17.6 Å². The highest BCUT2D eigenvalue weighted by atomic mass is 19.4. The zero-order valence-corrected chi connectivity index (χ0v) is 10.1. The van der Waals surface area contributed by atoms with Crippen LogP contribution in [0.5, 0.6) is 11.5 Å². The van der Waals surface area contributed by atoms with E-state index >= 15 is 0 Å². The number of aromatic carboxylic acids is 1. The van der Waals surface area contributed by atoms with Crippen LogP contribution in [0.15, 0.2) is 18.2 Å². The van der Waals surface area contributed by atoms with Gasteiger partial charge in [0, 0.05) is 6.07 Å². The Bertz CT molecular complexity index is 564. The topological polar surface area (TPSA) is 128 Å². The molecule has 7 nitrogen and oxygen atoms in total. The molecule has 0 fully saturated rings. The molecule has 0 aliphatic heterocycles. The summed E-state index contributed by atoms with van der Waals surface area (Å²) in [6.45, 7) is -0.147. The first kappa shape index (κ1) is 18.0. The first-order valence-electron chi connectivity index (χ1n) is 4.95. The Hall–Kier alpha value is -2.96. The Morgan fingerprint density at radius 2 is 1.81 bits per heavy atom. The van der Waals surface area contributed by atoms with E-state index in [1.165, 1.54) is 12.1 Å². The third-order valence-electron chi connectivity index (χ3n) is 1.75. The fourth-order valence-corrected chi connectivity index (χ4v) is 0.898. The summed E-state index contributed by atoms with van der Waals surface area (Å²) in [4.78, 5) is 19.4. The molecule has 0 bridgehead atoms. The van der Waals surface area contributed by atoms with E-state index in [0.717, 1.165) is 6.07 Å². The minimum absolute atomic E-state index is 0.147. The minimum atomic E-state index is -5.08. The second kappa shape index (κ2) is 7.59. The molecule has 0 spiro atoms. The fourth-order valence-electron chi connectivity index (χ4n) is 0.898. The molecule has 0 saturated heterocycles. The van der Waals surface area contributed by atoms with Gasteiger partial charge in [0.2, 0.25) is 0 Å². The Kier molecular flexibility index (Phi) is 6.52. The molecule has 1 rings (SSSR count). The highest BCUT2D eigenvalue weighted by Crippen LogP contribution is 2.23. The summed E-state index contributed by atoms with van der Waals surface area (Å²) < 4.78 is 36.6. The molecular weight excluding hydrogens is 299 g/mol. The molecule has 1 aromatic rings. The summed E-state index contributed by atoms with van der Waals surface area (Å²) in [5, 5.41) is 33.1. The van der Waals surface area contributed by atoms with Gasteiger partial charge in [0.1, 0.15) is 23.1 Å². The smallest absolute Gasteiger partial charge is 0.490 e. The molecule has 0 aliphatic carbocycles. The van der Waals surface area contributed by atoms with Crippen molar-refractivity contribution in [3.05, 3.63) is 23.8 Å². The lowest BCUT2D eigenvalue weighted by atomic mass is 10.2. The van der Waals surface area contributed by atoms with Crippen molar-refractivity contribution < 1.29 is 42.8 Å². The van der Waals surface area contributed by atoms with Gasteiger partial charge < -0.3 is 20.1 Å². The van der Waals surface area contributed by atoms with Gasteiger partial charge in [-0.1, -0.05) is 0 Å². The molecule has 0 aliphatic rings. The average molecular weight is 307 g/mol. The Balaban J connectivity index is 0.000000486. The van der Waals surface area contributed by atoms with E-state index in [4.69, 9.17) is 25.0 Å². The minimum Gasteiger partial charge on any atom is -0.507 e. The average Bonchev–Trinajstić information content (AvgIpc) is 2.35. The second-order valence-corrected chi connectivity index (χ2v) is 3.23. The van der Waals surface area contributed by atoms with Crippen molar-refractivity contribution in [2.45, 2.75) is 6.18 Å².